The first-order valence-corrected chi connectivity index (χ1v) is 10.2. The zero-order valence-electron chi connectivity index (χ0n) is 14.3. The van der Waals surface area contributed by atoms with Gasteiger partial charge in [0.15, 0.2) is 15.1 Å². The number of allylic oxidation sites excluding steroid dienone is 2. The highest BCUT2D eigenvalue weighted by Gasteiger charge is 2.37. The quantitative estimate of drug-likeness (QED) is 0.690. The number of halogens is 1. The van der Waals surface area contributed by atoms with Crippen LogP contribution in [0.1, 0.15) is 24.8 Å². The van der Waals surface area contributed by atoms with Crippen molar-refractivity contribution in [1.29, 1.82) is 0 Å². The summed E-state index contributed by atoms with van der Waals surface area (Å²) in [5.41, 5.74) is 2.94. The van der Waals surface area contributed by atoms with Gasteiger partial charge in [0.2, 0.25) is 0 Å². The van der Waals surface area contributed by atoms with Crippen LogP contribution < -0.4 is 0 Å². The molecule has 0 bridgehead atoms. The molecule has 1 unspecified atom stereocenters. The fraction of sp³-hybridized carbons (Fsp3) is 0.250. The van der Waals surface area contributed by atoms with Crippen molar-refractivity contribution < 1.29 is 17.9 Å². The van der Waals surface area contributed by atoms with Crippen molar-refractivity contribution in [3.8, 4) is 0 Å². The summed E-state index contributed by atoms with van der Waals surface area (Å²) >= 11 is 5.96. The predicted molar refractivity (Wildman–Crippen MR) is 102 cm³/mol. The molecule has 0 saturated heterocycles. The number of sulfone groups is 1. The molecule has 1 aliphatic rings. The Morgan fingerprint density at radius 1 is 1.08 bits per heavy atom. The Morgan fingerprint density at radius 2 is 1.69 bits per heavy atom. The van der Waals surface area contributed by atoms with Gasteiger partial charge in [-0.25, -0.2) is 8.42 Å². The number of benzene rings is 2. The van der Waals surface area contributed by atoms with E-state index in [1.165, 1.54) is 24.8 Å². The molecular weight excluding hydrogens is 372 g/mol. The summed E-state index contributed by atoms with van der Waals surface area (Å²) in [4.78, 5) is 12.5. The van der Waals surface area contributed by atoms with Crippen molar-refractivity contribution >= 4 is 33.0 Å². The number of rotatable bonds is 6. The first-order chi connectivity index (χ1) is 12.4. The van der Waals surface area contributed by atoms with Crippen LogP contribution in [0.25, 0.3) is 5.57 Å². The van der Waals surface area contributed by atoms with Crippen LogP contribution in [0.5, 0.6) is 0 Å². The summed E-state index contributed by atoms with van der Waals surface area (Å²) in [6.07, 6.45) is 1.91. The third-order valence-corrected chi connectivity index (χ3v) is 6.71. The molecule has 0 N–H and O–H groups in total. The minimum atomic E-state index is -3.86. The standard InChI is InChI=1S/C20H19ClO4S/c1-25-20(22)19(26(23,24)17-5-3-2-4-6-17)13-18(14-7-8-14)15-9-11-16(21)12-10-15/h2-6,9-12,19H,7-8,13H2,1H3. The van der Waals surface area contributed by atoms with Crippen LogP contribution in [0.15, 0.2) is 65.1 Å². The van der Waals surface area contributed by atoms with Gasteiger partial charge in [-0.3, -0.25) is 4.79 Å². The van der Waals surface area contributed by atoms with Crippen LogP contribution >= 0.6 is 11.6 Å². The largest absolute Gasteiger partial charge is 0.468 e. The van der Waals surface area contributed by atoms with E-state index in [0.717, 1.165) is 24.0 Å². The SMILES string of the molecule is COC(=O)C(CC(=C1CC1)c1ccc(Cl)cc1)S(=O)(=O)c1ccccc1. The lowest BCUT2D eigenvalue weighted by Crippen LogP contribution is -2.32. The second kappa shape index (κ2) is 7.64. The molecule has 2 aromatic rings. The van der Waals surface area contributed by atoms with E-state index in [4.69, 9.17) is 16.3 Å². The molecule has 0 heterocycles. The maximum atomic E-state index is 13.1. The Balaban J connectivity index is 2.00. The van der Waals surface area contributed by atoms with Crippen LogP contribution in [0.2, 0.25) is 5.02 Å². The summed E-state index contributed by atoms with van der Waals surface area (Å²) in [5.74, 6) is -0.749. The Hall–Kier alpha value is -2.11. The topological polar surface area (TPSA) is 60.4 Å². The second-order valence-corrected chi connectivity index (χ2v) is 8.73. The first-order valence-electron chi connectivity index (χ1n) is 8.27. The van der Waals surface area contributed by atoms with Crippen LogP contribution in [-0.2, 0) is 19.4 Å². The lowest BCUT2D eigenvalue weighted by Gasteiger charge is -2.18. The maximum Gasteiger partial charge on any atom is 0.324 e. The molecule has 0 aliphatic heterocycles. The highest BCUT2D eigenvalue weighted by molar-refractivity contribution is 7.92. The number of methoxy groups -OCH3 is 1. The third kappa shape index (κ3) is 4.00. The van der Waals surface area contributed by atoms with Gasteiger partial charge >= 0.3 is 5.97 Å². The van der Waals surface area contributed by atoms with E-state index >= 15 is 0 Å². The van der Waals surface area contributed by atoms with E-state index < -0.39 is 21.1 Å². The number of ether oxygens (including phenoxy) is 1. The Kier molecular flexibility index (Phi) is 5.49. The molecule has 1 fully saturated rings. The molecule has 0 spiro atoms. The number of esters is 1. The van der Waals surface area contributed by atoms with Gasteiger partial charge in [0.1, 0.15) is 0 Å². The fourth-order valence-corrected chi connectivity index (χ4v) is 4.62. The normalized spacial score (nSPS) is 14.6. The van der Waals surface area contributed by atoms with E-state index in [0.29, 0.717) is 5.02 Å². The average Bonchev–Trinajstić information content (AvgIpc) is 3.48. The molecule has 136 valence electrons. The molecule has 26 heavy (non-hydrogen) atoms. The number of hydrogen-bond acceptors (Lipinski definition) is 4. The summed E-state index contributed by atoms with van der Waals surface area (Å²) in [6.45, 7) is 0. The van der Waals surface area contributed by atoms with Gasteiger partial charge in [-0.2, -0.15) is 0 Å². The molecule has 0 aromatic heterocycles. The lowest BCUT2D eigenvalue weighted by molar-refractivity contribution is -0.140. The summed E-state index contributed by atoms with van der Waals surface area (Å²) in [6, 6.07) is 15.2. The lowest BCUT2D eigenvalue weighted by atomic mass is 10.00. The summed E-state index contributed by atoms with van der Waals surface area (Å²) in [7, 11) is -2.65. The molecule has 1 aliphatic carbocycles. The fourth-order valence-electron chi connectivity index (χ4n) is 2.89. The van der Waals surface area contributed by atoms with E-state index in [2.05, 4.69) is 0 Å². The number of carbonyl (C=O) groups is 1. The Bertz CT molecular complexity index is 926. The van der Waals surface area contributed by atoms with Crippen molar-refractivity contribution in [3.05, 3.63) is 70.8 Å². The summed E-state index contributed by atoms with van der Waals surface area (Å²) < 4.78 is 30.9. The summed E-state index contributed by atoms with van der Waals surface area (Å²) in [5, 5.41) is -0.677. The van der Waals surface area contributed by atoms with E-state index in [9.17, 15) is 13.2 Å². The molecule has 2 aromatic carbocycles. The molecule has 0 amide bonds. The molecule has 3 rings (SSSR count). The minimum Gasteiger partial charge on any atom is -0.468 e. The van der Waals surface area contributed by atoms with Crippen LogP contribution in [0, 0.1) is 0 Å². The minimum absolute atomic E-state index is 0.0842. The highest BCUT2D eigenvalue weighted by atomic mass is 35.5. The Labute approximate surface area is 158 Å². The molecular formula is C20H19ClO4S. The zero-order valence-corrected chi connectivity index (χ0v) is 15.9. The number of carbonyl (C=O) groups excluding carboxylic acids is 1. The van der Waals surface area contributed by atoms with Crippen molar-refractivity contribution in [2.24, 2.45) is 0 Å². The molecule has 6 heteroatoms. The van der Waals surface area contributed by atoms with Crippen molar-refractivity contribution in [3.63, 3.8) is 0 Å². The van der Waals surface area contributed by atoms with Crippen LogP contribution in [0.3, 0.4) is 0 Å². The van der Waals surface area contributed by atoms with Gasteiger partial charge in [0.25, 0.3) is 0 Å². The van der Waals surface area contributed by atoms with Gasteiger partial charge in [-0.15, -0.1) is 0 Å². The van der Waals surface area contributed by atoms with Gasteiger partial charge in [0, 0.05) is 11.4 Å². The van der Waals surface area contributed by atoms with Crippen LogP contribution in [0.4, 0.5) is 0 Å². The molecule has 0 radical (unpaired) electrons. The Morgan fingerprint density at radius 3 is 2.23 bits per heavy atom. The van der Waals surface area contributed by atoms with Gasteiger partial charge in [0.05, 0.1) is 12.0 Å². The van der Waals surface area contributed by atoms with Gasteiger partial charge in [-0.1, -0.05) is 47.5 Å². The maximum absolute atomic E-state index is 13.1. The second-order valence-electron chi connectivity index (χ2n) is 6.16. The highest BCUT2D eigenvalue weighted by Crippen LogP contribution is 2.40. The first kappa shape index (κ1) is 18.7. The monoisotopic (exact) mass is 390 g/mol. The van der Waals surface area contributed by atoms with E-state index in [-0.39, 0.29) is 11.3 Å². The van der Waals surface area contributed by atoms with Crippen molar-refractivity contribution in [2.45, 2.75) is 29.4 Å². The smallest absolute Gasteiger partial charge is 0.324 e. The van der Waals surface area contributed by atoms with Crippen molar-refractivity contribution in [2.75, 3.05) is 7.11 Å². The molecule has 1 atom stereocenters. The number of hydrogen-bond donors (Lipinski definition) is 0. The van der Waals surface area contributed by atoms with E-state index in [1.54, 1.807) is 30.3 Å². The van der Waals surface area contributed by atoms with Gasteiger partial charge in [-0.05, 0) is 48.2 Å². The van der Waals surface area contributed by atoms with Crippen LogP contribution in [-0.4, -0.2) is 26.7 Å². The third-order valence-electron chi connectivity index (χ3n) is 4.42. The molecule has 4 nitrogen and oxygen atoms in total. The average molecular weight is 391 g/mol. The van der Waals surface area contributed by atoms with Gasteiger partial charge < -0.3 is 4.74 Å². The molecule has 1 saturated carbocycles. The van der Waals surface area contributed by atoms with Crippen molar-refractivity contribution in [1.82, 2.24) is 0 Å². The van der Waals surface area contributed by atoms with E-state index in [1.807, 2.05) is 12.1 Å². The predicted octanol–water partition coefficient (Wildman–Crippen LogP) is 4.29. The zero-order chi connectivity index (χ0) is 18.7.